The first-order valence-electron chi connectivity index (χ1n) is 5.92. The van der Waals surface area contributed by atoms with E-state index < -0.39 is 5.82 Å². The molecule has 1 aromatic carbocycles. The fourth-order valence-electron chi connectivity index (χ4n) is 2.11. The molecule has 3 aromatic rings. The number of nitrogens with one attached hydrogen (secondary N) is 1. The Morgan fingerprint density at radius 1 is 1.40 bits per heavy atom. The van der Waals surface area contributed by atoms with Gasteiger partial charge in [-0.15, -0.1) is 0 Å². The zero-order valence-electron chi connectivity index (χ0n) is 10.3. The molecule has 20 heavy (non-hydrogen) atoms. The monoisotopic (exact) mass is 268 g/mol. The number of halogens is 1. The first-order valence-corrected chi connectivity index (χ1v) is 5.92. The van der Waals surface area contributed by atoms with Crippen molar-refractivity contribution in [2.75, 3.05) is 0 Å². The molecular weight excluding hydrogens is 259 g/mol. The maximum atomic E-state index is 13.3. The molecule has 2 aromatic heterocycles. The van der Waals surface area contributed by atoms with E-state index in [-0.39, 0.29) is 11.3 Å². The molecule has 0 saturated heterocycles. The Morgan fingerprint density at radius 3 is 3.05 bits per heavy atom. The standard InChI is InChI=1S/C14H9FN4O/c15-11-4-3-9(6-10(11)8-16)7-12-13-2-1-5-19(13)14(20)18-17-12/h1-6H,7H2,(H,18,20). The Morgan fingerprint density at radius 2 is 2.25 bits per heavy atom. The number of nitrogens with zero attached hydrogens (tertiary/aromatic N) is 3. The van der Waals surface area contributed by atoms with Crippen LogP contribution in [0, 0.1) is 17.1 Å². The SMILES string of the molecule is N#Cc1cc(Cc2n[nH]c(=O)n3cccc23)ccc1F. The third-order valence-corrected chi connectivity index (χ3v) is 3.07. The minimum Gasteiger partial charge on any atom is -0.266 e. The lowest BCUT2D eigenvalue weighted by Crippen LogP contribution is -2.18. The highest BCUT2D eigenvalue weighted by molar-refractivity contribution is 5.53. The smallest absolute Gasteiger partial charge is 0.266 e. The molecule has 0 spiro atoms. The van der Waals surface area contributed by atoms with Gasteiger partial charge in [0.1, 0.15) is 11.9 Å². The summed E-state index contributed by atoms with van der Waals surface area (Å²) in [5.74, 6) is -0.543. The molecule has 3 rings (SSSR count). The number of aromatic nitrogens is 3. The molecule has 0 aliphatic rings. The average Bonchev–Trinajstić information content (AvgIpc) is 2.94. The summed E-state index contributed by atoms with van der Waals surface area (Å²) < 4.78 is 14.7. The average molecular weight is 268 g/mol. The third kappa shape index (κ3) is 1.95. The Balaban J connectivity index is 2.06. The predicted molar refractivity (Wildman–Crippen MR) is 69.7 cm³/mol. The van der Waals surface area contributed by atoms with Crippen LogP contribution < -0.4 is 5.69 Å². The fourth-order valence-corrected chi connectivity index (χ4v) is 2.11. The molecule has 0 fully saturated rings. The van der Waals surface area contributed by atoms with Crippen LogP contribution in [0.25, 0.3) is 5.52 Å². The van der Waals surface area contributed by atoms with Crippen LogP contribution in [0.2, 0.25) is 0 Å². The number of nitriles is 1. The van der Waals surface area contributed by atoms with E-state index in [0.717, 1.165) is 5.56 Å². The lowest BCUT2D eigenvalue weighted by atomic mass is 10.1. The summed E-state index contributed by atoms with van der Waals surface area (Å²) in [6, 6.07) is 9.69. The van der Waals surface area contributed by atoms with Gasteiger partial charge in [0.25, 0.3) is 0 Å². The Kier molecular flexibility index (Phi) is 2.80. The number of H-pyrrole nitrogens is 1. The van der Waals surface area contributed by atoms with E-state index in [2.05, 4.69) is 10.2 Å². The van der Waals surface area contributed by atoms with Gasteiger partial charge in [-0.05, 0) is 29.8 Å². The van der Waals surface area contributed by atoms with Crippen molar-refractivity contribution >= 4 is 5.52 Å². The quantitative estimate of drug-likeness (QED) is 0.767. The van der Waals surface area contributed by atoms with Crippen LogP contribution in [-0.2, 0) is 6.42 Å². The molecule has 0 unspecified atom stereocenters. The highest BCUT2D eigenvalue weighted by Gasteiger charge is 2.08. The second kappa shape index (κ2) is 4.63. The first kappa shape index (κ1) is 12.1. The molecule has 0 radical (unpaired) electrons. The molecule has 1 N–H and O–H groups in total. The lowest BCUT2D eigenvalue weighted by Gasteiger charge is -2.04. The van der Waals surface area contributed by atoms with Crippen LogP contribution in [0.4, 0.5) is 4.39 Å². The van der Waals surface area contributed by atoms with Gasteiger partial charge in [0.05, 0.1) is 16.8 Å². The molecule has 0 atom stereocenters. The van der Waals surface area contributed by atoms with Crippen LogP contribution in [0.5, 0.6) is 0 Å². The second-order valence-corrected chi connectivity index (χ2v) is 4.34. The summed E-state index contributed by atoms with van der Waals surface area (Å²) in [7, 11) is 0. The van der Waals surface area contributed by atoms with E-state index in [4.69, 9.17) is 5.26 Å². The van der Waals surface area contributed by atoms with Crippen molar-refractivity contribution in [3.63, 3.8) is 0 Å². The maximum Gasteiger partial charge on any atom is 0.346 e. The molecular formula is C14H9FN4O. The van der Waals surface area contributed by atoms with E-state index >= 15 is 0 Å². The van der Waals surface area contributed by atoms with E-state index in [9.17, 15) is 9.18 Å². The van der Waals surface area contributed by atoms with Gasteiger partial charge in [0, 0.05) is 12.6 Å². The number of hydrogen-bond acceptors (Lipinski definition) is 3. The van der Waals surface area contributed by atoms with E-state index in [1.165, 1.54) is 16.5 Å². The van der Waals surface area contributed by atoms with Crippen LogP contribution in [0.1, 0.15) is 16.8 Å². The summed E-state index contributed by atoms with van der Waals surface area (Å²) in [6.45, 7) is 0. The summed E-state index contributed by atoms with van der Waals surface area (Å²) >= 11 is 0. The Hall–Kier alpha value is -2.94. The number of benzene rings is 1. The van der Waals surface area contributed by atoms with Crippen LogP contribution in [-0.4, -0.2) is 14.6 Å². The summed E-state index contributed by atoms with van der Waals surface area (Å²) in [5, 5.41) is 15.3. The molecule has 5 nitrogen and oxygen atoms in total. The number of fused-ring (bicyclic) bond motifs is 1. The summed E-state index contributed by atoms with van der Waals surface area (Å²) in [6.07, 6.45) is 2.05. The lowest BCUT2D eigenvalue weighted by molar-refractivity contribution is 0.623. The molecule has 6 heteroatoms. The van der Waals surface area contributed by atoms with Crippen molar-refractivity contribution in [3.05, 3.63) is 69.7 Å². The van der Waals surface area contributed by atoms with Gasteiger partial charge >= 0.3 is 5.69 Å². The van der Waals surface area contributed by atoms with Gasteiger partial charge in [-0.3, -0.25) is 4.40 Å². The molecule has 0 aliphatic heterocycles. The van der Waals surface area contributed by atoms with Crippen LogP contribution in [0.15, 0.2) is 41.3 Å². The number of hydrogen-bond donors (Lipinski definition) is 1. The molecule has 0 amide bonds. The van der Waals surface area contributed by atoms with Gasteiger partial charge in [-0.1, -0.05) is 6.07 Å². The zero-order valence-corrected chi connectivity index (χ0v) is 10.3. The second-order valence-electron chi connectivity index (χ2n) is 4.34. The van der Waals surface area contributed by atoms with Crippen molar-refractivity contribution in [3.8, 4) is 6.07 Å². The predicted octanol–water partition coefficient (Wildman–Crippen LogP) is 1.62. The van der Waals surface area contributed by atoms with E-state index in [0.29, 0.717) is 17.6 Å². The van der Waals surface area contributed by atoms with Gasteiger partial charge in [0.15, 0.2) is 0 Å². The van der Waals surface area contributed by atoms with Crippen molar-refractivity contribution < 1.29 is 4.39 Å². The zero-order chi connectivity index (χ0) is 14.1. The fraction of sp³-hybridized carbons (Fsp3) is 0.0714. The van der Waals surface area contributed by atoms with Crippen molar-refractivity contribution in [2.24, 2.45) is 0 Å². The highest BCUT2D eigenvalue weighted by atomic mass is 19.1. The molecule has 2 heterocycles. The van der Waals surface area contributed by atoms with Gasteiger partial charge in [-0.25, -0.2) is 14.3 Å². The first-order chi connectivity index (χ1) is 9.69. The third-order valence-electron chi connectivity index (χ3n) is 3.07. The van der Waals surface area contributed by atoms with Crippen molar-refractivity contribution in [1.82, 2.24) is 14.6 Å². The van der Waals surface area contributed by atoms with Gasteiger partial charge in [-0.2, -0.15) is 10.4 Å². The van der Waals surface area contributed by atoms with Gasteiger partial charge in [0.2, 0.25) is 0 Å². The summed E-state index contributed by atoms with van der Waals surface area (Å²) in [4.78, 5) is 11.5. The summed E-state index contributed by atoms with van der Waals surface area (Å²) in [5.41, 5.74) is 1.79. The number of aromatic amines is 1. The molecule has 0 bridgehead atoms. The Labute approximate surface area is 112 Å². The van der Waals surface area contributed by atoms with Crippen LogP contribution in [0.3, 0.4) is 0 Å². The largest absolute Gasteiger partial charge is 0.346 e. The number of rotatable bonds is 2. The minimum atomic E-state index is -0.543. The minimum absolute atomic E-state index is 0.00155. The van der Waals surface area contributed by atoms with Crippen molar-refractivity contribution in [1.29, 1.82) is 5.26 Å². The topological polar surface area (TPSA) is 73.9 Å². The molecule has 0 aliphatic carbocycles. The molecule has 0 saturated carbocycles. The van der Waals surface area contributed by atoms with Crippen molar-refractivity contribution in [2.45, 2.75) is 6.42 Å². The maximum absolute atomic E-state index is 13.3. The normalized spacial score (nSPS) is 10.6. The highest BCUT2D eigenvalue weighted by Crippen LogP contribution is 2.15. The van der Waals surface area contributed by atoms with Crippen LogP contribution >= 0.6 is 0 Å². The van der Waals surface area contributed by atoms with Gasteiger partial charge < -0.3 is 0 Å². The van der Waals surface area contributed by atoms with E-state index in [1.54, 1.807) is 30.5 Å². The molecule has 98 valence electrons. The Bertz CT molecular complexity index is 888. The van der Waals surface area contributed by atoms with E-state index in [1.807, 2.05) is 0 Å².